The minimum Gasteiger partial charge on any atom is -0.374 e. The van der Waals surface area contributed by atoms with E-state index in [4.69, 9.17) is 47.4 Å². The van der Waals surface area contributed by atoms with Crippen LogP contribution in [0.15, 0.2) is 182 Å². The monoisotopic (exact) mass is 1810 g/mol. The predicted octanol–water partition coefficient (Wildman–Crippen LogP) is 27.4. The van der Waals surface area contributed by atoms with Crippen molar-refractivity contribution in [1.82, 2.24) is 15.5 Å². The summed E-state index contributed by atoms with van der Waals surface area (Å²) in [4.78, 5) is 42.7. The Labute approximate surface area is 795 Å². The zero-order valence-corrected chi connectivity index (χ0v) is 83.5. The van der Waals surface area contributed by atoms with Gasteiger partial charge in [-0.1, -0.05) is 463 Å². The number of benzene rings is 6. The van der Waals surface area contributed by atoms with Gasteiger partial charge in [0.2, 0.25) is 17.7 Å². The number of amides is 3. The first-order valence-corrected chi connectivity index (χ1v) is 52.3. The third-order valence-corrected chi connectivity index (χ3v) is 27.6. The average molecular weight is 1810 g/mol. The Morgan fingerprint density at radius 3 is 0.885 bits per heavy atom. The van der Waals surface area contributed by atoms with E-state index in [1.807, 2.05) is 116 Å². The number of unbranched alkanes of at least 4 members (excludes halogenated alkanes) is 31. The minimum absolute atomic E-state index is 0.0106. The van der Waals surface area contributed by atoms with Crippen molar-refractivity contribution in [2.24, 2.45) is 35.5 Å². The summed E-state index contributed by atoms with van der Waals surface area (Å²) in [5.74, 6) is 1.14. The molecular weight excluding hydrogens is 1630 g/mol. The van der Waals surface area contributed by atoms with Crippen molar-refractivity contribution in [2.75, 3.05) is 40.0 Å². The summed E-state index contributed by atoms with van der Waals surface area (Å²) in [6, 6.07) is 60.5. The molecule has 0 radical (unpaired) electrons. The lowest BCUT2D eigenvalue weighted by Gasteiger charge is -2.44. The van der Waals surface area contributed by atoms with Crippen molar-refractivity contribution in [3.8, 4) is 0 Å². The SMILES string of the molecule is CCCCCCCCCCCCCC[C@@H](OCc1ccccc1)[C@@H](OCc1ccccc1)[C@H](CO[C@H]1OC(COCc2ccccc2)[C@H](C)[C@H](C)C1C)NC(=O)CC.CCCCCCCCCCCCCC[C@@H](OCc1ccccc1)[C@@H](OCc1ccccc1)[C@H](CO[C@H]1OC(COCc2ccccc2)[C@H](C)[C@H](C)C1C)NC(=O)CN(C)C(=O)CCCCCCCCCCCC. The molecular formula is C115H179N3O13. The maximum Gasteiger partial charge on any atom is 0.240 e. The van der Waals surface area contributed by atoms with E-state index in [2.05, 4.69) is 146 Å². The lowest BCUT2D eigenvalue weighted by atomic mass is 9.79. The van der Waals surface area contributed by atoms with E-state index in [9.17, 15) is 14.4 Å². The Hall–Kier alpha value is -6.67. The molecule has 732 valence electrons. The summed E-state index contributed by atoms with van der Waals surface area (Å²) in [5.41, 5.74) is 6.57. The average Bonchev–Trinajstić information content (AvgIpc) is 0.847. The quantitative estimate of drug-likeness (QED) is 0.0346. The van der Waals surface area contributed by atoms with Crippen LogP contribution in [-0.2, 0) is 101 Å². The molecule has 16 heteroatoms. The summed E-state index contributed by atoms with van der Waals surface area (Å²) in [6.07, 6.45) is 42.2. The lowest BCUT2D eigenvalue weighted by molar-refractivity contribution is -0.262. The van der Waals surface area contributed by atoms with E-state index >= 15 is 0 Å². The Bertz CT molecular complexity index is 3740. The Morgan fingerprint density at radius 1 is 0.321 bits per heavy atom. The van der Waals surface area contributed by atoms with Gasteiger partial charge in [-0.25, -0.2) is 0 Å². The summed E-state index contributed by atoms with van der Waals surface area (Å²) in [6.45, 7) is 26.1. The molecule has 2 N–H and O–H groups in total. The Kier molecular flexibility index (Phi) is 59.5. The van der Waals surface area contributed by atoms with E-state index in [0.717, 1.165) is 91.2 Å². The van der Waals surface area contributed by atoms with Crippen LogP contribution in [0, 0.1) is 35.5 Å². The molecule has 0 spiro atoms. The van der Waals surface area contributed by atoms with Crippen molar-refractivity contribution >= 4 is 17.7 Å². The number of hydrogen-bond acceptors (Lipinski definition) is 13. The van der Waals surface area contributed by atoms with Crippen LogP contribution in [0.3, 0.4) is 0 Å². The lowest BCUT2D eigenvalue weighted by Crippen LogP contribution is -2.56. The largest absolute Gasteiger partial charge is 0.374 e. The summed E-state index contributed by atoms with van der Waals surface area (Å²) in [5, 5.41) is 6.68. The minimum atomic E-state index is -0.613. The van der Waals surface area contributed by atoms with E-state index in [1.165, 1.54) is 173 Å². The van der Waals surface area contributed by atoms with Crippen molar-refractivity contribution in [2.45, 2.75) is 414 Å². The highest BCUT2D eigenvalue weighted by molar-refractivity contribution is 5.84. The molecule has 2 heterocycles. The zero-order valence-electron chi connectivity index (χ0n) is 83.5. The van der Waals surface area contributed by atoms with Crippen molar-refractivity contribution in [3.05, 3.63) is 215 Å². The van der Waals surface area contributed by atoms with Gasteiger partial charge in [-0.05, 0) is 76.3 Å². The molecule has 2 fully saturated rings. The first-order chi connectivity index (χ1) is 64.1. The van der Waals surface area contributed by atoms with Crippen LogP contribution < -0.4 is 10.6 Å². The fourth-order valence-corrected chi connectivity index (χ4v) is 18.2. The van der Waals surface area contributed by atoms with E-state index in [-0.39, 0.29) is 79.6 Å². The van der Waals surface area contributed by atoms with E-state index < -0.39 is 36.9 Å². The van der Waals surface area contributed by atoms with E-state index in [1.54, 1.807) is 11.9 Å². The standard InChI is InChI=1S/C64H102N2O7.C51H77NO6/c1-7-9-11-13-15-17-19-20-21-23-25-36-44-59(70-48-56-40-32-28-33-41-56)63(71-49-57-42-34-29-35-43-57)58(65-61(67)46-66(6)62(68)45-37-26-24-22-18-16-14-12-10-8-2)50-72-64-54(5)52(3)53(4)60(73-64)51-69-47-55-38-30-27-31-39-55;1-6-8-9-10-11-12-13-14-15-16-17-27-34-47(55-36-44-30-23-19-24-31-44)50(56-37-45-32-25-20-26-33-45)46(52-49(53)7-2)38-57-51-42(5)40(3)41(4)48(58-51)39-54-35-43-28-21-18-22-29-43/h27-35,38-43,52-54,58-60,63-64H,7-26,36-37,44-51H2,1-6H3,(H,65,67);18-26,28-33,40-42,46-48,50-51H,6-17,27,34-39H2,1-5H3,(H,52,53)/t52-,53+,54?,58-,59+,60?,63-,64-;40-,41+,42?,46-,47+,48?,50-,51-/m00/s1. The van der Waals surface area contributed by atoms with Gasteiger partial charge >= 0.3 is 0 Å². The van der Waals surface area contributed by atoms with Crippen LogP contribution in [0.5, 0.6) is 0 Å². The van der Waals surface area contributed by atoms with Gasteiger partial charge < -0.3 is 62.9 Å². The van der Waals surface area contributed by atoms with Gasteiger partial charge in [-0.3, -0.25) is 14.4 Å². The third-order valence-electron chi connectivity index (χ3n) is 27.6. The molecule has 131 heavy (non-hydrogen) atoms. The Balaban J connectivity index is 0.000000367. The number of nitrogens with zero attached hydrogens (tertiary/aromatic N) is 1. The van der Waals surface area contributed by atoms with Gasteiger partial charge in [0.05, 0.1) is 109 Å². The van der Waals surface area contributed by atoms with Crippen molar-refractivity contribution in [1.29, 1.82) is 0 Å². The zero-order chi connectivity index (χ0) is 93.4. The molecule has 0 saturated carbocycles. The van der Waals surface area contributed by atoms with Crippen molar-refractivity contribution < 1.29 is 61.8 Å². The fourth-order valence-electron chi connectivity index (χ4n) is 18.2. The number of nitrogens with one attached hydrogen (secondary N) is 2. The second-order valence-electron chi connectivity index (χ2n) is 38.3. The summed E-state index contributed by atoms with van der Waals surface area (Å²) >= 11 is 0. The van der Waals surface area contributed by atoms with Crippen LogP contribution in [0.2, 0.25) is 0 Å². The second kappa shape index (κ2) is 70.0. The topological polar surface area (TPSA) is 171 Å². The Morgan fingerprint density at radius 2 is 0.588 bits per heavy atom. The first kappa shape index (κ1) is 111. The molecule has 0 aliphatic carbocycles. The van der Waals surface area contributed by atoms with Crippen molar-refractivity contribution in [3.63, 3.8) is 0 Å². The molecule has 0 aromatic heterocycles. The number of carbonyl (C=O) groups is 3. The maximum atomic E-state index is 14.4. The molecule has 2 aliphatic rings. The fraction of sp³-hybridized carbons (Fsp3) is 0.661. The predicted molar refractivity (Wildman–Crippen MR) is 536 cm³/mol. The highest BCUT2D eigenvalue weighted by atomic mass is 16.7. The van der Waals surface area contributed by atoms with Gasteiger partial charge in [0, 0.05) is 31.7 Å². The van der Waals surface area contributed by atoms with Crippen LogP contribution in [0.4, 0.5) is 0 Å². The molecule has 4 unspecified atom stereocenters. The van der Waals surface area contributed by atoms with Gasteiger partial charge in [-0.2, -0.15) is 0 Å². The van der Waals surface area contributed by atoms with Gasteiger partial charge in [-0.15, -0.1) is 0 Å². The summed E-state index contributed by atoms with van der Waals surface area (Å²) in [7, 11) is 1.74. The number of ether oxygens (including phenoxy) is 10. The molecule has 16 atom stereocenters. The molecule has 0 bridgehead atoms. The van der Waals surface area contributed by atoms with Gasteiger partial charge in [0.25, 0.3) is 0 Å². The molecule has 2 saturated heterocycles. The van der Waals surface area contributed by atoms with Crippen LogP contribution in [0.25, 0.3) is 0 Å². The molecule has 6 aromatic rings. The number of likely N-dealkylation sites (N-methyl/N-ethyl adjacent to an activating group) is 1. The second-order valence-corrected chi connectivity index (χ2v) is 38.3. The van der Waals surface area contributed by atoms with Crippen LogP contribution in [-0.4, -0.2) is 124 Å². The number of rotatable bonds is 72. The van der Waals surface area contributed by atoms with E-state index in [0.29, 0.717) is 83.5 Å². The highest BCUT2D eigenvalue weighted by Crippen LogP contribution is 2.39. The smallest absolute Gasteiger partial charge is 0.240 e. The maximum absolute atomic E-state index is 14.4. The molecule has 3 amide bonds. The van der Waals surface area contributed by atoms with Gasteiger partial charge in [0.1, 0.15) is 12.2 Å². The summed E-state index contributed by atoms with van der Waals surface area (Å²) < 4.78 is 67.3. The normalized spacial score (nSPS) is 19.9. The molecule has 6 aromatic carbocycles. The number of hydrogen-bond donors (Lipinski definition) is 2. The first-order valence-electron chi connectivity index (χ1n) is 52.3. The molecule has 2 aliphatic heterocycles. The number of carbonyl (C=O) groups excluding carboxylic acids is 3. The molecule has 8 rings (SSSR count). The van der Waals surface area contributed by atoms with Gasteiger partial charge in [0.15, 0.2) is 12.6 Å². The highest BCUT2D eigenvalue weighted by Gasteiger charge is 2.44. The molecule has 16 nitrogen and oxygen atoms in total. The van der Waals surface area contributed by atoms with Crippen LogP contribution >= 0.6 is 0 Å². The third kappa shape index (κ3) is 46.6. The van der Waals surface area contributed by atoms with Crippen LogP contribution in [0.1, 0.15) is 347 Å².